The maximum atomic E-state index is 13.7. The summed E-state index contributed by atoms with van der Waals surface area (Å²) in [5.74, 6) is -1.66. The van der Waals surface area contributed by atoms with Gasteiger partial charge in [-0.1, -0.05) is 12.1 Å². The molecule has 0 radical (unpaired) electrons. The summed E-state index contributed by atoms with van der Waals surface area (Å²) in [6, 6.07) is 3.80. The summed E-state index contributed by atoms with van der Waals surface area (Å²) in [5.41, 5.74) is 1.03. The Morgan fingerprint density at radius 2 is 2.20 bits per heavy atom. The second-order valence-electron chi connectivity index (χ2n) is 4.49. The van der Waals surface area contributed by atoms with Crippen LogP contribution in [0.3, 0.4) is 0 Å². The van der Waals surface area contributed by atoms with Crippen LogP contribution in [0.15, 0.2) is 30.6 Å². The molecule has 1 atom stereocenters. The van der Waals surface area contributed by atoms with Crippen LogP contribution in [-0.2, 0) is 11.3 Å². The van der Waals surface area contributed by atoms with Crippen molar-refractivity contribution in [3.8, 4) is 0 Å². The molecular formula is C14H17F2N3O. The SMILES string of the molecule is COCCn1cc(NC(C)c2cccc(F)c2F)cn1. The summed E-state index contributed by atoms with van der Waals surface area (Å²) in [6.07, 6.45) is 3.44. The Labute approximate surface area is 116 Å². The zero-order valence-corrected chi connectivity index (χ0v) is 11.4. The van der Waals surface area contributed by atoms with Crippen LogP contribution < -0.4 is 5.32 Å². The van der Waals surface area contributed by atoms with E-state index in [4.69, 9.17) is 4.74 Å². The van der Waals surface area contributed by atoms with E-state index in [1.165, 1.54) is 6.07 Å². The van der Waals surface area contributed by atoms with Crippen LogP contribution in [0.1, 0.15) is 18.5 Å². The number of hydrogen-bond acceptors (Lipinski definition) is 3. The largest absolute Gasteiger partial charge is 0.383 e. The minimum absolute atomic E-state index is 0.287. The molecule has 0 fully saturated rings. The van der Waals surface area contributed by atoms with E-state index in [-0.39, 0.29) is 11.6 Å². The Balaban J connectivity index is 2.05. The lowest BCUT2D eigenvalue weighted by atomic mass is 10.1. The first kappa shape index (κ1) is 14.5. The van der Waals surface area contributed by atoms with E-state index in [0.29, 0.717) is 13.2 Å². The molecule has 0 aliphatic heterocycles. The van der Waals surface area contributed by atoms with Gasteiger partial charge in [0.25, 0.3) is 0 Å². The average Bonchev–Trinajstić information content (AvgIpc) is 2.87. The molecule has 6 heteroatoms. The number of nitrogens with one attached hydrogen (secondary N) is 1. The molecule has 1 unspecified atom stereocenters. The van der Waals surface area contributed by atoms with Gasteiger partial charge in [-0.25, -0.2) is 8.78 Å². The number of hydrogen-bond donors (Lipinski definition) is 1. The summed E-state index contributed by atoms with van der Waals surface area (Å²) in [7, 11) is 1.62. The van der Waals surface area contributed by atoms with Gasteiger partial charge in [0.15, 0.2) is 11.6 Å². The monoisotopic (exact) mass is 281 g/mol. The van der Waals surface area contributed by atoms with Crippen molar-refractivity contribution in [2.75, 3.05) is 19.0 Å². The Morgan fingerprint density at radius 1 is 1.40 bits per heavy atom. The van der Waals surface area contributed by atoms with Crippen molar-refractivity contribution >= 4 is 5.69 Å². The molecule has 4 nitrogen and oxygen atoms in total. The third-order valence-corrected chi connectivity index (χ3v) is 2.99. The molecule has 0 aliphatic carbocycles. The highest BCUT2D eigenvalue weighted by Crippen LogP contribution is 2.22. The van der Waals surface area contributed by atoms with Gasteiger partial charge in [0, 0.05) is 18.9 Å². The zero-order chi connectivity index (χ0) is 14.5. The molecule has 0 saturated heterocycles. The van der Waals surface area contributed by atoms with Gasteiger partial charge in [-0.15, -0.1) is 0 Å². The molecule has 0 saturated carbocycles. The van der Waals surface area contributed by atoms with Crippen LogP contribution in [0, 0.1) is 11.6 Å². The topological polar surface area (TPSA) is 39.1 Å². The Bertz CT molecular complexity index is 571. The molecule has 0 amide bonds. The first-order valence-corrected chi connectivity index (χ1v) is 6.33. The van der Waals surface area contributed by atoms with E-state index in [2.05, 4.69) is 10.4 Å². The van der Waals surface area contributed by atoms with Crippen molar-refractivity contribution in [3.05, 3.63) is 47.8 Å². The van der Waals surface area contributed by atoms with Crippen molar-refractivity contribution in [2.24, 2.45) is 0 Å². The fourth-order valence-corrected chi connectivity index (χ4v) is 1.93. The Morgan fingerprint density at radius 3 is 2.95 bits per heavy atom. The van der Waals surface area contributed by atoms with Gasteiger partial charge < -0.3 is 10.1 Å². The summed E-state index contributed by atoms with van der Waals surface area (Å²) in [6.45, 7) is 2.97. The van der Waals surface area contributed by atoms with Crippen molar-refractivity contribution in [1.29, 1.82) is 0 Å². The second kappa shape index (κ2) is 6.47. The molecule has 108 valence electrons. The fraction of sp³-hybridized carbons (Fsp3) is 0.357. The summed E-state index contributed by atoms with van der Waals surface area (Å²) >= 11 is 0. The van der Waals surface area contributed by atoms with Gasteiger partial charge in [-0.3, -0.25) is 4.68 Å². The van der Waals surface area contributed by atoms with E-state index in [0.717, 1.165) is 11.8 Å². The first-order valence-electron chi connectivity index (χ1n) is 6.33. The minimum atomic E-state index is -0.841. The summed E-state index contributed by atoms with van der Waals surface area (Å²) in [5, 5.41) is 7.24. The Kier molecular flexibility index (Phi) is 4.68. The van der Waals surface area contributed by atoms with Crippen molar-refractivity contribution in [3.63, 3.8) is 0 Å². The third-order valence-electron chi connectivity index (χ3n) is 2.99. The van der Waals surface area contributed by atoms with Gasteiger partial charge in [0.1, 0.15) is 0 Å². The molecule has 1 N–H and O–H groups in total. The highest BCUT2D eigenvalue weighted by Gasteiger charge is 2.14. The predicted molar refractivity (Wildman–Crippen MR) is 72.5 cm³/mol. The van der Waals surface area contributed by atoms with Gasteiger partial charge >= 0.3 is 0 Å². The molecule has 0 bridgehead atoms. The normalized spacial score (nSPS) is 12.4. The number of halogens is 2. The maximum Gasteiger partial charge on any atom is 0.164 e. The predicted octanol–water partition coefficient (Wildman–Crippen LogP) is 2.98. The second-order valence-corrected chi connectivity index (χ2v) is 4.49. The molecule has 1 aromatic heterocycles. The van der Waals surface area contributed by atoms with E-state index >= 15 is 0 Å². The third kappa shape index (κ3) is 3.33. The van der Waals surface area contributed by atoms with E-state index in [1.54, 1.807) is 37.2 Å². The molecule has 2 aromatic rings. The highest BCUT2D eigenvalue weighted by atomic mass is 19.2. The lowest BCUT2D eigenvalue weighted by molar-refractivity contribution is 0.183. The molecule has 0 aliphatic rings. The lowest BCUT2D eigenvalue weighted by Gasteiger charge is -2.15. The summed E-state index contributed by atoms with van der Waals surface area (Å²) < 4.78 is 33.5. The summed E-state index contributed by atoms with van der Waals surface area (Å²) in [4.78, 5) is 0. The number of methoxy groups -OCH3 is 1. The Hall–Kier alpha value is -1.95. The minimum Gasteiger partial charge on any atom is -0.383 e. The van der Waals surface area contributed by atoms with E-state index in [9.17, 15) is 8.78 Å². The number of rotatable bonds is 6. The number of aromatic nitrogens is 2. The average molecular weight is 281 g/mol. The van der Waals surface area contributed by atoms with E-state index in [1.807, 2.05) is 0 Å². The van der Waals surface area contributed by atoms with Crippen molar-refractivity contribution < 1.29 is 13.5 Å². The molecule has 2 rings (SSSR count). The van der Waals surface area contributed by atoms with Gasteiger partial charge in [-0.05, 0) is 13.0 Å². The highest BCUT2D eigenvalue weighted by molar-refractivity contribution is 5.41. The standard InChI is InChI=1S/C14H17F2N3O/c1-10(12-4-3-5-13(15)14(12)16)18-11-8-17-19(9-11)6-7-20-2/h3-5,8-10,18H,6-7H2,1-2H3. The van der Waals surface area contributed by atoms with Crippen LogP contribution in [-0.4, -0.2) is 23.5 Å². The maximum absolute atomic E-state index is 13.7. The van der Waals surface area contributed by atoms with Crippen LogP contribution in [0.5, 0.6) is 0 Å². The van der Waals surface area contributed by atoms with Crippen LogP contribution >= 0.6 is 0 Å². The number of benzene rings is 1. The van der Waals surface area contributed by atoms with Crippen molar-refractivity contribution in [2.45, 2.75) is 19.5 Å². The zero-order valence-electron chi connectivity index (χ0n) is 11.4. The first-order chi connectivity index (χ1) is 9.61. The van der Waals surface area contributed by atoms with Gasteiger partial charge in [-0.2, -0.15) is 5.10 Å². The molecular weight excluding hydrogens is 264 g/mol. The molecule has 20 heavy (non-hydrogen) atoms. The quantitative estimate of drug-likeness (QED) is 0.884. The molecule has 1 aromatic carbocycles. The number of ether oxygens (including phenoxy) is 1. The van der Waals surface area contributed by atoms with Gasteiger partial charge in [0.05, 0.1) is 31.1 Å². The van der Waals surface area contributed by atoms with Crippen molar-refractivity contribution in [1.82, 2.24) is 9.78 Å². The van der Waals surface area contributed by atoms with E-state index < -0.39 is 11.6 Å². The van der Waals surface area contributed by atoms with Crippen LogP contribution in [0.4, 0.5) is 14.5 Å². The fourth-order valence-electron chi connectivity index (χ4n) is 1.93. The van der Waals surface area contributed by atoms with Crippen LogP contribution in [0.2, 0.25) is 0 Å². The number of nitrogens with zero attached hydrogens (tertiary/aromatic N) is 2. The van der Waals surface area contributed by atoms with Crippen LogP contribution in [0.25, 0.3) is 0 Å². The molecule has 1 heterocycles. The number of anilines is 1. The molecule has 0 spiro atoms. The van der Waals surface area contributed by atoms with Gasteiger partial charge in [0.2, 0.25) is 0 Å². The lowest BCUT2D eigenvalue weighted by Crippen LogP contribution is -2.09. The smallest absolute Gasteiger partial charge is 0.164 e.